The van der Waals surface area contributed by atoms with Crippen LogP contribution in [0.5, 0.6) is 0 Å². The molecule has 1 fully saturated rings. The Labute approximate surface area is 107 Å². The number of aliphatic hydroxyl groups is 1. The molecule has 1 heterocycles. The zero-order valence-electron chi connectivity index (χ0n) is 9.90. The van der Waals surface area contributed by atoms with Crippen molar-refractivity contribution in [1.29, 1.82) is 0 Å². The summed E-state index contributed by atoms with van der Waals surface area (Å²) in [6.45, 7) is 1.31. The number of halogens is 1. The lowest BCUT2D eigenvalue weighted by Crippen LogP contribution is -2.29. The van der Waals surface area contributed by atoms with E-state index in [1.54, 1.807) is 6.07 Å². The van der Waals surface area contributed by atoms with Gasteiger partial charge in [0.05, 0.1) is 11.4 Å². The second-order valence-corrected chi connectivity index (χ2v) is 4.99. The van der Waals surface area contributed by atoms with Gasteiger partial charge in [0.1, 0.15) is 0 Å². The number of hydrogen-bond donors (Lipinski definition) is 2. The minimum absolute atomic E-state index is 0.264. The van der Waals surface area contributed by atoms with Crippen LogP contribution < -0.4 is 10.6 Å². The molecule has 0 radical (unpaired) electrons. The molecule has 1 atom stereocenters. The lowest BCUT2D eigenvalue weighted by molar-refractivity contribution is 0.279. The Morgan fingerprint density at radius 3 is 3.00 bits per heavy atom. The standard InChI is InChI=1S/C13H19ClN2O/c14-10-5-6-13(12(15)9-10)16-7-1-3-11(16)4-2-8-17/h5-6,9,11,17H,1-4,7-8,15H2. The fourth-order valence-corrected chi connectivity index (χ4v) is 2.75. The van der Waals surface area contributed by atoms with E-state index in [-0.39, 0.29) is 6.61 Å². The average Bonchev–Trinajstić information content (AvgIpc) is 2.74. The summed E-state index contributed by atoms with van der Waals surface area (Å²) in [5, 5.41) is 9.59. The topological polar surface area (TPSA) is 49.5 Å². The van der Waals surface area contributed by atoms with Crippen molar-refractivity contribution < 1.29 is 5.11 Å². The van der Waals surface area contributed by atoms with E-state index in [0.717, 1.165) is 30.8 Å². The van der Waals surface area contributed by atoms with Crippen LogP contribution in [0.3, 0.4) is 0 Å². The number of rotatable bonds is 4. The second-order valence-electron chi connectivity index (χ2n) is 4.56. The highest BCUT2D eigenvalue weighted by atomic mass is 35.5. The third-order valence-corrected chi connectivity index (χ3v) is 3.61. The van der Waals surface area contributed by atoms with Crippen molar-refractivity contribution in [1.82, 2.24) is 0 Å². The van der Waals surface area contributed by atoms with Crippen LogP contribution >= 0.6 is 11.6 Å². The number of aliphatic hydroxyl groups excluding tert-OH is 1. The Kier molecular flexibility index (Phi) is 4.13. The smallest absolute Gasteiger partial charge is 0.0603 e. The summed E-state index contributed by atoms with van der Waals surface area (Å²) in [5.41, 5.74) is 7.84. The fraction of sp³-hybridized carbons (Fsp3) is 0.538. The molecule has 0 bridgehead atoms. The molecule has 0 aromatic heterocycles. The molecule has 1 unspecified atom stereocenters. The normalized spacial score (nSPS) is 19.9. The summed E-state index contributed by atoms with van der Waals surface area (Å²) in [6, 6.07) is 6.19. The molecule has 1 aliphatic rings. The SMILES string of the molecule is Nc1cc(Cl)ccc1N1CCCC1CCCO. The van der Waals surface area contributed by atoms with Gasteiger partial charge in [-0.1, -0.05) is 11.6 Å². The van der Waals surface area contributed by atoms with Crippen molar-refractivity contribution in [3.8, 4) is 0 Å². The predicted octanol–water partition coefficient (Wildman–Crippen LogP) is 2.66. The van der Waals surface area contributed by atoms with Gasteiger partial charge in [0.25, 0.3) is 0 Å². The summed E-state index contributed by atoms with van der Waals surface area (Å²) < 4.78 is 0. The number of nitrogens with two attached hydrogens (primary N) is 1. The Hall–Kier alpha value is -0.930. The van der Waals surface area contributed by atoms with Crippen LogP contribution in [0.25, 0.3) is 0 Å². The van der Waals surface area contributed by atoms with E-state index in [1.807, 2.05) is 12.1 Å². The van der Waals surface area contributed by atoms with Crippen molar-refractivity contribution in [3.63, 3.8) is 0 Å². The van der Waals surface area contributed by atoms with Crippen LogP contribution in [0.1, 0.15) is 25.7 Å². The molecule has 0 amide bonds. The maximum absolute atomic E-state index is 8.91. The minimum atomic E-state index is 0.264. The van der Waals surface area contributed by atoms with Gasteiger partial charge in [-0.15, -0.1) is 0 Å². The molecule has 1 saturated heterocycles. The van der Waals surface area contributed by atoms with Crippen LogP contribution in [0, 0.1) is 0 Å². The molecule has 0 saturated carbocycles. The average molecular weight is 255 g/mol. The number of hydrogen-bond acceptors (Lipinski definition) is 3. The van der Waals surface area contributed by atoms with E-state index in [4.69, 9.17) is 22.4 Å². The number of benzene rings is 1. The molecule has 94 valence electrons. The molecule has 1 aliphatic heterocycles. The van der Waals surface area contributed by atoms with Gasteiger partial charge in [-0.3, -0.25) is 0 Å². The molecule has 0 spiro atoms. The van der Waals surface area contributed by atoms with Gasteiger partial charge in [-0.05, 0) is 43.9 Å². The largest absolute Gasteiger partial charge is 0.397 e. The van der Waals surface area contributed by atoms with Crippen LogP contribution in [0.4, 0.5) is 11.4 Å². The van der Waals surface area contributed by atoms with Crippen molar-refractivity contribution in [2.75, 3.05) is 23.8 Å². The van der Waals surface area contributed by atoms with Gasteiger partial charge >= 0.3 is 0 Å². The molecular weight excluding hydrogens is 236 g/mol. The first-order chi connectivity index (χ1) is 8.22. The van der Waals surface area contributed by atoms with E-state index in [9.17, 15) is 0 Å². The van der Waals surface area contributed by atoms with Gasteiger partial charge in [0.2, 0.25) is 0 Å². The van der Waals surface area contributed by atoms with Crippen molar-refractivity contribution in [2.45, 2.75) is 31.7 Å². The minimum Gasteiger partial charge on any atom is -0.397 e. The third kappa shape index (κ3) is 2.85. The predicted molar refractivity (Wildman–Crippen MR) is 72.6 cm³/mol. The molecule has 3 nitrogen and oxygen atoms in total. The van der Waals surface area contributed by atoms with E-state index >= 15 is 0 Å². The molecule has 1 aromatic rings. The van der Waals surface area contributed by atoms with E-state index < -0.39 is 0 Å². The van der Waals surface area contributed by atoms with Crippen molar-refractivity contribution >= 4 is 23.0 Å². The van der Waals surface area contributed by atoms with E-state index in [1.165, 1.54) is 12.8 Å². The first kappa shape index (κ1) is 12.5. The maximum atomic E-state index is 8.91. The van der Waals surface area contributed by atoms with Gasteiger partial charge in [0, 0.05) is 24.2 Å². The van der Waals surface area contributed by atoms with Crippen molar-refractivity contribution in [3.05, 3.63) is 23.2 Å². The summed E-state index contributed by atoms with van der Waals surface area (Å²) in [7, 11) is 0. The fourth-order valence-electron chi connectivity index (χ4n) is 2.57. The lowest BCUT2D eigenvalue weighted by Gasteiger charge is -2.28. The van der Waals surface area contributed by atoms with Crippen molar-refractivity contribution in [2.24, 2.45) is 0 Å². The highest BCUT2D eigenvalue weighted by molar-refractivity contribution is 6.31. The van der Waals surface area contributed by atoms with E-state index in [0.29, 0.717) is 11.1 Å². The first-order valence-electron chi connectivity index (χ1n) is 6.15. The highest BCUT2D eigenvalue weighted by Crippen LogP contribution is 2.33. The van der Waals surface area contributed by atoms with Gasteiger partial charge in [0.15, 0.2) is 0 Å². The van der Waals surface area contributed by atoms with Gasteiger partial charge in [-0.25, -0.2) is 0 Å². The molecule has 1 aromatic carbocycles. The highest BCUT2D eigenvalue weighted by Gasteiger charge is 2.25. The monoisotopic (exact) mass is 254 g/mol. The van der Waals surface area contributed by atoms with Gasteiger partial charge < -0.3 is 15.7 Å². The molecule has 17 heavy (non-hydrogen) atoms. The summed E-state index contributed by atoms with van der Waals surface area (Å²) in [4.78, 5) is 2.35. The molecule has 2 rings (SSSR count). The zero-order chi connectivity index (χ0) is 12.3. The zero-order valence-corrected chi connectivity index (χ0v) is 10.7. The Morgan fingerprint density at radius 2 is 2.29 bits per heavy atom. The number of anilines is 2. The van der Waals surface area contributed by atoms with Crippen LogP contribution in [0.15, 0.2) is 18.2 Å². The molecule has 0 aliphatic carbocycles. The molecular formula is C13H19ClN2O. The molecule has 3 N–H and O–H groups in total. The summed E-state index contributed by atoms with van der Waals surface area (Å²) in [5.74, 6) is 0. The van der Waals surface area contributed by atoms with Crippen LogP contribution in [-0.2, 0) is 0 Å². The summed E-state index contributed by atoms with van der Waals surface area (Å²) >= 11 is 5.91. The maximum Gasteiger partial charge on any atom is 0.0603 e. The number of nitrogens with zero attached hydrogens (tertiary/aromatic N) is 1. The van der Waals surface area contributed by atoms with E-state index in [2.05, 4.69) is 4.90 Å². The first-order valence-corrected chi connectivity index (χ1v) is 6.52. The lowest BCUT2D eigenvalue weighted by atomic mass is 10.1. The quantitative estimate of drug-likeness (QED) is 0.813. The van der Waals surface area contributed by atoms with Crippen LogP contribution in [0.2, 0.25) is 5.02 Å². The van der Waals surface area contributed by atoms with Crippen LogP contribution in [-0.4, -0.2) is 24.3 Å². The summed E-state index contributed by atoms with van der Waals surface area (Å²) in [6.07, 6.45) is 4.26. The molecule has 4 heteroatoms. The second kappa shape index (κ2) is 5.61. The Bertz CT molecular complexity index is 384. The third-order valence-electron chi connectivity index (χ3n) is 3.37. The number of nitrogen functional groups attached to an aromatic ring is 1. The Balaban J connectivity index is 2.14. The van der Waals surface area contributed by atoms with Gasteiger partial charge in [-0.2, -0.15) is 0 Å². The Morgan fingerprint density at radius 1 is 1.47 bits per heavy atom.